The van der Waals surface area contributed by atoms with Gasteiger partial charge in [0.05, 0.1) is 6.61 Å². The topological polar surface area (TPSA) is 58.6 Å². The fourth-order valence-electron chi connectivity index (χ4n) is 2.17. The molecule has 0 saturated carbocycles. The minimum absolute atomic E-state index is 0.0920. The van der Waals surface area contributed by atoms with E-state index >= 15 is 0 Å². The number of nitrogens with one attached hydrogen (secondary N) is 1. The van der Waals surface area contributed by atoms with Crippen LogP contribution in [0.3, 0.4) is 0 Å². The zero-order valence-corrected chi connectivity index (χ0v) is 11.5. The van der Waals surface area contributed by atoms with Gasteiger partial charge in [-0.3, -0.25) is 4.79 Å². The van der Waals surface area contributed by atoms with Gasteiger partial charge in [0.1, 0.15) is 0 Å². The molecule has 0 saturated heterocycles. The Balaban J connectivity index is 1.91. The average molecular weight is 261 g/mol. The number of amides is 1. The Bertz CT molecular complexity index is 462. The van der Waals surface area contributed by atoms with Crippen molar-refractivity contribution in [3.05, 3.63) is 29.3 Å². The maximum Gasteiger partial charge on any atom is 0.491 e. The van der Waals surface area contributed by atoms with E-state index < -0.39 is 7.12 Å². The first-order valence-corrected chi connectivity index (χ1v) is 6.78. The Kier molecular flexibility index (Phi) is 4.61. The zero-order chi connectivity index (χ0) is 13.8. The quantitative estimate of drug-likeness (QED) is 0.615. The number of carbonyl (C=O) groups is 1. The van der Waals surface area contributed by atoms with Crippen molar-refractivity contribution in [3.8, 4) is 0 Å². The molecule has 1 heterocycles. The minimum atomic E-state index is -0.899. The summed E-state index contributed by atoms with van der Waals surface area (Å²) in [5, 5.41) is 12.5. The Morgan fingerprint density at radius 3 is 3.05 bits per heavy atom. The minimum Gasteiger partial charge on any atom is -0.423 e. The third kappa shape index (κ3) is 3.58. The van der Waals surface area contributed by atoms with Crippen LogP contribution >= 0.6 is 0 Å². The summed E-state index contributed by atoms with van der Waals surface area (Å²) in [5.74, 6) is 0.565. The molecule has 0 unspecified atom stereocenters. The number of hydrogen-bond acceptors (Lipinski definition) is 3. The van der Waals surface area contributed by atoms with Crippen molar-refractivity contribution in [1.82, 2.24) is 5.32 Å². The van der Waals surface area contributed by atoms with E-state index in [9.17, 15) is 9.82 Å². The molecule has 0 radical (unpaired) electrons. The maximum atomic E-state index is 12.0. The van der Waals surface area contributed by atoms with Crippen LogP contribution in [-0.4, -0.2) is 24.6 Å². The summed E-state index contributed by atoms with van der Waals surface area (Å²) in [5.41, 5.74) is 2.23. The summed E-state index contributed by atoms with van der Waals surface area (Å²) in [7, 11) is -0.899. The van der Waals surface area contributed by atoms with Gasteiger partial charge in [-0.05, 0) is 41.9 Å². The Hall–Kier alpha value is -1.33. The second-order valence-electron chi connectivity index (χ2n) is 5.37. The molecule has 5 heteroatoms. The lowest BCUT2D eigenvalue weighted by molar-refractivity contribution is 0.0952. The second-order valence-corrected chi connectivity index (χ2v) is 5.37. The van der Waals surface area contributed by atoms with Crippen molar-refractivity contribution in [2.45, 2.75) is 33.3 Å². The molecule has 0 bridgehead atoms. The predicted molar refractivity (Wildman–Crippen MR) is 75.2 cm³/mol. The highest BCUT2D eigenvalue weighted by Gasteiger charge is 2.27. The highest BCUT2D eigenvalue weighted by Crippen LogP contribution is 2.11. The summed E-state index contributed by atoms with van der Waals surface area (Å²) in [4.78, 5) is 12.0. The smallest absolute Gasteiger partial charge is 0.423 e. The zero-order valence-electron chi connectivity index (χ0n) is 11.5. The van der Waals surface area contributed by atoms with Gasteiger partial charge in [0, 0.05) is 12.1 Å². The number of hydrogen-bond donors (Lipinski definition) is 2. The first-order valence-electron chi connectivity index (χ1n) is 6.78. The third-order valence-corrected chi connectivity index (χ3v) is 3.31. The summed E-state index contributed by atoms with van der Waals surface area (Å²) in [6.45, 7) is 5.44. The largest absolute Gasteiger partial charge is 0.491 e. The van der Waals surface area contributed by atoms with Gasteiger partial charge in [0.2, 0.25) is 0 Å². The van der Waals surface area contributed by atoms with E-state index in [0.29, 0.717) is 30.1 Å². The molecule has 4 nitrogen and oxygen atoms in total. The monoisotopic (exact) mass is 261 g/mol. The number of benzene rings is 1. The first kappa shape index (κ1) is 14.1. The van der Waals surface area contributed by atoms with Crippen LogP contribution in [-0.2, 0) is 11.3 Å². The van der Waals surface area contributed by atoms with Gasteiger partial charge in [0.25, 0.3) is 5.91 Å². The van der Waals surface area contributed by atoms with E-state index in [2.05, 4.69) is 19.2 Å². The molecule has 0 aliphatic carbocycles. The molecule has 0 fully saturated rings. The van der Waals surface area contributed by atoms with Crippen molar-refractivity contribution >= 4 is 18.5 Å². The molecular formula is C14H20BNO3. The van der Waals surface area contributed by atoms with Crippen LogP contribution in [0, 0.1) is 5.92 Å². The van der Waals surface area contributed by atoms with Gasteiger partial charge >= 0.3 is 7.12 Å². The lowest BCUT2D eigenvalue weighted by atomic mass is 9.79. The molecule has 1 aliphatic heterocycles. The van der Waals surface area contributed by atoms with Crippen molar-refractivity contribution in [3.63, 3.8) is 0 Å². The molecular weight excluding hydrogens is 241 g/mol. The standard InChI is InChI=1S/C14H20BNO3/c1-10(2)4-3-7-16-14(17)11-5-6-12-9-19-15(18)13(12)8-11/h5-6,8,10,18H,3-4,7,9H2,1-2H3,(H,16,17). The molecule has 0 aromatic heterocycles. The van der Waals surface area contributed by atoms with E-state index in [1.165, 1.54) is 0 Å². The van der Waals surface area contributed by atoms with Gasteiger partial charge in [-0.25, -0.2) is 0 Å². The second kappa shape index (κ2) is 6.22. The Labute approximate surface area is 114 Å². The van der Waals surface area contributed by atoms with E-state index in [1.807, 2.05) is 6.07 Å². The first-order chi connectivity index (χ1) is 9.08. The molecule has 19 heavy (non-hydrogen) atoms. The fourth-order valence-corrected chi connectivity index (χ4v) is 2.17. The van der Waals surface area contributed by atoms with Gasteiger partial charge in [-0.2, -0.15) is 0 Å². The molecule has 2 N–H and O–H groups in total. The van der Waals surface area contributed by atoms with Gasteiger partial charge < -0.3 is 15.0 Å². The molecule has 1 aromatic rings. The third-order valence-electron chi connectivity index (χ3n) is 3.31. The summed E-state index contributed by atoms with van der Waals surface area (Å²) >= 11 is 0. The van der Waals surface area contributed by atoms with Crippen LogP contribution in [0.25, 0.3) is 0 Å². The number of fused-ring (bicyclic) bond motifs is 1. The van der Waals surface area contributed by atoms with Gasteiger partial charge in [0.15, 0.2) is 0 Å². The van der Waals surface area contributed by atoms with Crippen LogP contribution in [0.2, 0.25) is 0 Å². The van der Waals surface area contributed by atoms with Crippen LogP contribution in [0.1, 0.15) is 42.6 Å². The normalized spacial score (nSPS) is 13.8. The molecule has 102 valence electrons. The van der Waals surface area contributed by atoms with Gasteiger partial charge in [-0.1, -0.05) is 19.9 Å². The van der Waals surface area contributed by atoms with Crippen molar-refractivity contribution < 1.29 is 14.5 Å². The summed E-state index contributed by atoms with van der Waals surface area (Å²) < 4.78 is 5.11. The predicted octanol–water partition coefficient (Wildman–Crippen LogP) is 1.07. The van der Waals surface area contributed by atoms with Gasteiger partial charge in [-0.15, -0.1) is 0 Å². The lowest BCUT2D eigenvalue weighted by Crippen LogP contribution is -2.31. The molecule has 1 aromatic carbocycles. The molecule has 0 atom stereocenters. The fraction of sp³-hybridized carbons (Fsp3) is 0.500. The summed E-state index contributed by atoms with van der Waals surface area (Å²) in [6.07, 6.45) is 2.09. The van der Waals surface area contributed by atoms with Crippen molar-refractivity contribution in [1.29, 1.82) is 0 Å². The molecule has 0 spiro atoms. The Morgan fingerprint density at radius 1 is 1.53 bits per heavy atom. The molecule has 1 aliphatic rings. The van der Waals surface area contributed by atoms with E-state index in [4.69, 9.17) is 4.65 Å². The average Bonchev–Trinajstić information content (AvgIpc) is 2.75. The maximum absolute atomic E-state index is 12.0. The summed E-state index contributed by atoms with van der Waals surface area (Å²) in [6, 6.07) is 5.33. The van der Waals surface area contributed by atoms with Crippen molar-refractivity contribution in [2.75, 3.05) is 6.54 Å². The highest BCUT2D eigenvalue weighted by atomic mass is 16.5. The molecule has 1 amide bonds. The van der Waals surface area contributed by atoms with Crippen LogP contribution in [0.15, 0.2) is 18.2 Å². The SMILES string of the molecule is CC(C)CCCNC(=O)c1ccc2c(c1)B(O)OC2. The highest BCUT2D eigenvalue weighted by molar-refractivity contribution is 6.61. The number of rotatable bonds is 5. The van der Waals surface area contributed by atoms with Crippen LogP contribution in [0.5, 0.6) is 0 Å². The molecule has 2 rings (SSSR count). The number of carbonyl (C=O) groups excluding carboxylic acids is 1. The Morgan fingerprint density at radius 2 is 2.32 bits per heavy atom. The van der Waals surface area contributed by atoms with Crippen molar-refractivity contribution in [2.24, 2.45) is 5.92 Å². The lowest BCUT2D eigenvalue weighted by Gasteiger charge is -2.08. The van der Waals surface area contributed by atoms with E-state index in [0.717, 1.165) is 18.4 Å². The van der Waals surface area contributed by atoms with Crippen LogP contribution in [0.4, 0.5) is 0 Å². The van der Waals surface area contributed by atoms with Crippen LogP contribution < -0.4 is 10.8 Å². The van der Waals surface area contributed by atoms with E-state index in [-0.39, 0.29) is 5.91 Å². The van der Waals surface area contributed by atoms with E-state index in [1.54, 1.807) is 12.1 Å².